The predicted octanol–water partition coefficient (Wildman–Crippen LogP) is 3.29. The molecule has 2 nitrogen and oxygen atoms in total. The van der Waals surface area contributed by atoms with Crippen LogP contribution in [0.4, 0.5) is 4.39 Å². The first kappa shape index (κ1) is 12.6. The molecule has 0 aliphatic heterocycles. The third kappa shape index (κ3) is 3.31. The molecule has 3 heteroatoms. The first-order chi connectivity index (χ1) is 8.79. The minimum atomic E-state index is -0.299. The van der Waals surface area contributed by atoms with Gasteiger partial charge in [-0.25, -0.2) is 4.39 Å². The first-order valence-corrected chi connectivity index (χ1v) is 5.97. The van der Waals surface area contributed by atoms with E-state index in [0.29, 0.717) is 18.7 Å². The van der Waals surface area contributed by atoms with Crippen molar-refractivity contribution in [3.05, 3.63) is 66.0 Å². The van der Waals surface area contributed by atoms with Crippen LogP contribution in [0, 0.1) is 5.82 Å². The lowest BCUT2D eigenvalue weighted by atomic mass is 10.1. The third-order valence-electron chi connectivity index (χ3n) is 2.67. The van der Waals surface area contributed by atoms with E-state index in [1.165, 1.54) is 12.1 Å². The van der Waals surface area contributed by atoms with Gasteiger partial charge in [-0.2, -0.15) is 0 Å². The van der Waals surface area contributed by atoms with Crippen molar-refractivity contribution in [1.82, 2.24) is 0 Å². The molecule has 0 saturated heterocycles. The maximum absolute atomic E-state index is 13.1. The molecular formula is C15H16FNO. The van der Waals surface area contributed by atoms with Gasteiger partial charge in [0.2, 0.25) is 0 Å². The van der Waals surface area contributed by atoms with Gasteiger partial charge in [-0.1, -0.05) is 36.4 Å². The molecule has 2 aromatic rings. The van der Waals surface area contributed by atoms with Crippen molar-refractivity contribution in [2.75, 3.05) is 6.54 Å². The van der Waals surface area contributed by atoms with Crippen molar-refractivity contribution in [3.63, 3.8) is 0 Å². The van der Waals surface area contributed by atoms with E-state index < -0.39 is 0 Å². The summed E-state index contributed by atoms with van der Waals surface area (Å²) in [6.45, 7) is 0.523. The molecule has 2 N–H and O–H groups in total. The smallest absolute Gasteiger partial charge is 0.126 e. The van der Waals surface area contributed by atoms with E-state index in [4.69, 9.17) is 10.5 Å². The van der Waals surface area contributed by atoms with Crippen LogP contribution in [0.15, 0.2) is 54.6 Å². The fourth-order valence-corrected chi connectivity index (χ4v) is 1.82. The molecule has 0 aromatic heterocycles. The number of rotatable bonds is 5. The monoisotopic (exact) mass is 245 g/mol. The highest BCUT2D eigenvalue weighted by Crippen LogP contribution is 2.24. The van der Waals surface area contributed by atoms with Gasteiger partial charge in [0, 0.05) is 12.5 Å². The Balaban J connectivity index is 2.16. The van der Waals surface area contributed by atoms with Crippen molar-refractivity contribution in [1.29, 1.82) is 0 Å². The summed E-state index contributed by atoms with van der Waals surface area (Å²) in [5.41, 5.74) is 6.64. The van der Waals surface area contributed by atoms with E-state index in [1.54, 1.807) is 12.1 Å². The molecule has 1 atom stereocenters. The molecule has 0 unspecified atom stereocenters. The summed E-state index contributed by atoms with van der Waals surface area (Å²) in [7, 11) is 0. The number of nitrogens with two attached hydrogens (primary N) is 1. The number of hydrogen-bond donors (Lipinski definition) is 1. The molecule has 0 spiro atoms. The summed E-state index contributed by atoms with van der Waals surface area (Å²) in [5, 5.41) is 0. The van der Waals surface area contributed by atoms with Crippen LogP contribution in [-0.2, 0) is 0 Å². The van der Waals surface area contributed by atoms with Crippen LogP contribution in [0.25, 0.3) is 0 Å². The average Bonchev–Trinajstić information content (AvgIpc) is 2.39. The summed E-state index contributed by atoms with van der Waals surface area (Å²) in [4.78, 5) is 0. The lowest BCUT2D eigenvalue weighted by Gasteiger charge is -2.19. The van der Waals surface area contributed by atoms with E-state index in [1.807, 2.05) is 30.3 Å². The fourth-order valence-electron chi connectivity index (χ4n) is 1.82. The summed E-state index contributed by atoms with van der Waals surface area (Å²) in [6, 6.07) is 16.0. The zero-order valence-corrected chi connectivity index (χ0v) is 10.1. The number of halogens is 1. The number of hydrogen-bond acceptors (Lipinski definition) is 2. The molecule has 2 aromatic carbocycles. The molecule has 0 radical (unpaired) electrons. The highest BCUT2D eigenvalue weighted by atomic mass is 19.1. The van der Waals surface area contributed by atoms with Gasteiger partial charge in [-0.15, -0.1) is 0 Å². The van der Waals surface area contributed by atoms with E-state index in [9.17, 15) is 4.39 Å². The molecule has 0 bridgehead atoms. The predicted molar refractivity (Wildman–Crippen MR) is 69.9 cm³/mol. The second-order valence-corrected chi connectivity index (χ2v) is 4.05. The summed E-state index contributed by atoms with van der Waals surface area (Å²) in [6.07, 6.45) is 0.554. The lowest BCUT2D eigenvalue weighted by Crippen LogP contribution is -2.13. The van der Waals surface area contributed by atoms with E-state index in [0.717, 1.165) is 5.56 Å². The topological polar surface area (TPSA) is 35.2 Å². The minimum Gasteiger partial charge on any atom is -0.486 e. The normalized spacial score (nSPS) is 12.1. The molecule has 2 rings (SSSR count). The van der Waals surface area contributed by atoms with E-state index >= 15 is 0 Å². The second-order valence-electron chi connectivity index (χ2n) is 4.05. The van der Waals surface area contributed by atoms with Crippen molar-refractivity contribution in [2.45, 2.75) is 12.5 Å². The molecule has 0 amide bonds. The quantitative estimate of drug-likeness (QED) is 0.877. The van der Waals surface area contributed by atoms with Gasteiger partial charge in [0.1, 0.15) is 17.7 Å². The average molecular weight is 245 g/mol. The van der Waals surface area contributed by atoms with E-state index in [2.05, 4.69) is 0 Å². The zero-order chi connectivity index (χ0) is 12.8. The molecule has 0 fully saturated rings. The molecule has 0 aliphatic carbocycles. The highest BCUT2D eigenvalue weighted by molar-refractivity contribution is 5.25. The van der Waals surface area contributed by atoms with Gasteiger partial charge >= 0.3 is 0 Å². The molecular weight excluding hydrogens is 229 g/mol. The van der Waals surface area contributed by atoms with Gasteiger partial charge in [0.25, 0.3) is 0 Å². The van der Waals surface area contributed by atoms with Gasteiger partial charge in [-0.05, 0) is 24.2 Å². The van der Waals surface area contributed by atoms with Crippen molar-refractivity contribution in [3.8, 4) is 5.75 Å². The molecule has 0 aliphatic rings. The third-order valence-corrected chi connectivity index (χ3v) is 2.67. The van der Waals surface area contributed by atoms with Crippen molar-refractivity contribution < 1.29 is 9.13 Å². The first-order valence-electron chi connectivity index (χ1n) is 5.97. The Morgan fingerprint density at radius 3 is 2.50 bits per heavy atom. The van der Waals surface area contributed by atoms with Crippen LogP contribution in [0.5, 0.6) is 5.75 Å². The van der Waals surface area contributed by atoms with Crippen LogP contribution >= 0.6 is 0 Å². The Hall–Kier alpha value is -1.87. The van der Waals surface area contributed by atoms with Crippen LogP contribution in [0.2, 0.25) is 0 Å². The maximum Gasteiger partial charge on any atom is 0.126 e. The zero-order valence-electron chi connectivity index (χ0n) is 10.1. The summed E-state index contributed by atoms with van der Waals surface area (Å²) in [5.74, 6) is 0.226. The Labute approximate surface area is 106 Å². The van der Waals surface area contributed by atoms with Crippen molar-refractivity contribution in [2.24, 2.45) is 5.73 Å². The molecule has 0 saturated carbocycles. The van der Waals surface area contributed by atoms with Gasteiger partial charge < -0.3 is 10.5 Å². The Morgan fingerprint density at radius 2 is 1.83 bits per heavy atom. The fraction of sp³-hybridized carbons (Fsp3) is 0.200. The molecule has 0 heterocycles. The van der Waals surface area contributed by atoms with Crippen molar-refractivity contribution >= 4 is 0 Å². The van der Waals surface area contributed by atoms with Crippen LogP contribution in [-0.4, -0.2) is 6.54 Å². The molecule has 18 heavy (non-hydrogen) atoms. The Morgan fingerprint density at radius 1 is 1.06 bits per heavy atom. The van der Waals surface area contributed by atoms with Crippen LogP contribution < -0.4 is 10.5 Å². The highest BCUT2D eigenvalue weighted by Gasteiger charge is 2.12. The largest absolute Gasteiger partial charge is 0.486 e. The number of benzene rings is 2. The van der Waals surface area contributed by atoms with E-state index in [-0.39, 0.29) is 11.9 Å². The van der Waals surface area contributed by atoms with Gasteiger partial charge in [0.15, 0.2) is 0 Å². The van der Waals surface area contributed by atoms with Crippen LogP contribution in [0.3, 0.4) is 0 Å². The lowest BCUT2D eigenvalue weighted by molar-refractivity contribution is 0.197. The summed E-state index contributed by atoms with van der Waals surface area (Å²) >= 11 is 0. The molecule has 94 valence electrons. The Bertz CT molecular complexity index is 487. The maximum atomic E-state index is 13.1. The second kappa shape index (κ2) is 6.17. The summed E-state index contributed by atoms with van der Waals surface area (Å²) < 4.78 is 18.9. The Kier molecular flexibility index (Phi) is 4.31. The minimum absolute atomic E-state index is 0.141. The van der Waals surface area contributed by atoms with Gasteiger partial charge in [0.05, 0.1) is 0 Å². The SMILES string of the molecule is NCC[C@H](Oc1cccc(F)c1)c1ccccc1. The standard InChI is InChI=1S/C15H16FNO/c16-13-7-4-8-14(11-13)18-15(9-10-17)12-5-2-1-3-6-12/h1-8,11,15H,9-10,17H2/t15-/m0/s1. The van der Waals surface area contributed by atoms with Gasteiger partial charge in [-0.3, -0.25) is 0 Å². The van der Waals surface area contributed by atoms with Crippen LogP contribution in [0.1, 0.15) is 18.1 Å². The number of ether oxygens (including phenoxy) is 1.